The van der Waals surface area contributed by atoms with Crippen molar-refractivity contribution in [3.05, 3.63) is 113 Å². The predicted octanol–water partition coefficient (Wildman–Crippen LogP) is 6.50. The second-order valence-corrected chi connectivity index (χ2v) is 13.0. The van der Waals surface area contributed by atoms with Gasteiger partial charge in [-0.05, 0) is 80.4 Å². The molecule has 9 nitrogen and oxygen atoms in total. The van der Waals surface area contributed by atoms with Crippen LogP contribution in [0.5, 0.6) is 0 Å². The molecule has 2 atom stereocenters. The number of nitrogens with two attached hydrogens (primary N) is 1. The second kappa shape index (κ2) is 12.3. The summed E-state index contributed by atoms with van der Waals surface area (Å²) >= 11 is 0. The molecule has 0 radical (unpaired) electrons. The first kappa shape index (κ1) is 30.5. The minimum Gasteiger partial charge on any atom is -0.431 e. The molecule has 5 aromatic rings. The van der Waals surface area contributed by atoms with Crippen LogP contribution < -0.4 is 11.1 Å². The van der Waals surface area contributed by atoms with Crippen LogP contribution in [0, 0.1) is 13.8 Å². The van der Waals surface area contributed by atoms with Crippen LogP contribution in [0.2, 0.25) is 0 Å². The lowest BCUT2D eigenvalue weighted by atomic mass is 10.1. The lowest BCUT2D eigenvalue weighted by Crippen LogP contribution is -2.28. The number of imidazole rings is 1. The Hall–Kier alpha value is -4.96. The number of ether oxygens (including phenoxy) is 1. The van der Waals surface area contributed by atoms with Gasteiger partial charge in [0.1, 0.15) is 5.82 Å². The van der Waals surface area contributed by atoms with Gasteiger partial charge in [0.05, 0.1) is 27.7 Å². The number of hydrogen-bond acceptors (Lipinski definition) is 6. The fourth-order valence-corrected chi connectivity index (χ4v) is 5.99. The van der Waals surface area contributed by atoms with Crippen LogP contribution in [-0.4, -0.2) is 35.7 Å². The number of carbonyl (C=O) groups excluding carboxylic acids is 2. The third kappa shape index (κ3) is 6.35. The van der Waals surface area contributed by atoms with E-state index < -0.39 is 27.9 Å². The van der Waals surface area contributed by atoms with Gasteiger partial charge in [-0.2, -0.15) is 0 Å². The third-order valence-corrected chi connectivity index (χ3v) is 9.35. The molecule has 4 aromatic carbocycles. The summed E-state index contributed by atoms with van der Waals surface area (Å²) in [5.74, 6) is 0.0807. The van der Waals surface area contributed by atoms with E-state index in [9.17, 15) is 18.0 Å². The number of carbonyl (C=O) groups is 2. The molecule has 1 unspecified atom stereocenters. The Morgan fingerprint density at radius 3 is 2.11 bits per heavy atom. The molecule has 0 fully saturated rings. The van der Waals surface area contributed by atoms with E-state index in [1.165, 1.54) is 29.8 Å². The van der Waals surface area contributed by atoms with Crippen LogP contribution in [-0.2, 0) is 19.4 Å². The number of anilines is 1. The predicted molar refractivity (Wildman–Crippen MR) is 171 cm³/mol. The summed E-state index contributed by atoms with van der Waals surface area (Å²) in [4.78, 5) is 29.9. The highest BCUT2D eigenvalue weighted by molar-refractivity contribution is 7.91. The topological polar surface area (TPSA) is 133 Å². The van der Waals surface area contributed by atoms with Gasteiger partial charge in [0.2, 0.25) is 6.10 Å². The van der Waals surface area contributed by atoms with E-state index in [0.29, 0.717) is 5.69 Å². The zero-order valence-corrected chi connectivity index (χ0v) is 25.8. The molecule has 0 bridgehead atoms. The Bertz CT molecular complexity index is 1930. The Balaban J connectivity index is 1.44. The maximum absolute atomic E-state index is 13.2. The zero-order valence-electron chi connectivity index (χ0n) is 24.9. The molecule has 2 amide bonds. The van der Waals surface area contributed by atoms with Crippen LogP contribution >= 0.6 is 0 Å². The van der Waals surface area contributed by atoms with Gasteiger partial charge in [-0.15, -0.1) is 0 Å². The molecule has 226 valence electrons. The summed E-state index contributed by atoms with van der Waals surface area (Å²) in [6.45, 7) is 7.81. The van der Waals surface area contributed by atoms with E-state index in [1.807, 2.05) is 24.3 Å². The first-order valence-electron chi connectivity index (χ1n) is 14.2. The summed E-state index contributed by atoms with van der Waals surface area (Å²) in [7, 11) is -3.44. The molecule has 0 saturated carbocycles. The van der Waals surface area contributed by atoms with Crippen molar-refractivity contribution in [2.75, 3.05) is 11.1 Å². The van der Waals surface area contributed by atoms with Crippen molar-refractivity contribution in [1.82, 2.24) is 9.55 Å². The fourth-order valence-electron chi connectivity index (χ4n) is 5.11. The minimum atomic E-state index is -3.44. The molecule has 1 aromatic heterocycles. The summed E-state index contributed by atoms with van der Waals surface area (Å²) in [5.41, 5.74) is 12.2. The first-order valence-corrected chi connectivity index (χ1v) is 15.9. The molecule has 1 heterocycles. The highest BCUT2D eigenvalue weighted by Gasteiger charge is 2.26. The summed E-state index contributed by atoms with van der Waals surface area (Å²) < 4.78 is 31.7. The smallest absolute Gasteiger partial charge is 0.405 e. The highest BCUT2D eigenvalue weighted by atomic mass is 32.2. The molecule has 0 aliphatic rings. The summed E-state index contributed by atoms with van der Waals surface area (Å²) in [6, 6.07) is 27.5. The number of hydrogen-bond donors (Lipinski definition) is 2. The number of aromatic nitrogens is 2. The van der Waals surface area contributed by atoms with Crippen LogP contribution in [0.15, 0.2) is 95.9 Å². The van der Waals surface area contributed by atoms with Gasteiger partial charge < -0.3 is 20.4 Å². The maximum atomic E-state index is 13.2. The van der Waals surface area contributed by atoms with E-state index in [0.717, 1.165) is 33.5 Å². The van der Waals surface area contributed by atoms with Gasteiger partial charge in [-0.1, -0.05) is 55.0 Å². The van der Waals surface area contributed by atoms with E-state index in [2.05, 4.69) is 61.0 Å². The molecule has 10 heteroatoms. The van der Waals surface area contributed by atoms with Crippen LogP contribution in [0.1, 0.15) is 48.2 Å². The van der Waals surface area contributed by atoms with Crippen LogP contribution in [0.25, 0.3) is 22.4 Å². The fraction of sp³-hybridized carbons (Fsp3) is 0.206. The molecule has 5 rings (SSSR count). The van der Waals surface area contributed by atoms with Crippen molar-refractivity contribution < 1.29 is 22.7 Å². The molecule has 0 spiro atoms. The highest BCUT2D eigenvalue weighted by Crippen LogP contribution is 2.33. The normalized spacial score (nSPS) is 12.9. The number of nitrogens with one attached hydrogen (secondary N) is 1. The lowest BCUT2D eigenvalue weighted by molar-refractivity contribution is -0.124. The maximum Gasteiger partial charge on any atom is 0.405 e. The molecule has 0 aliphatic carbocycles. The van der Waals surface area contributed by atoms with Gasteiger partial charge in [0.15, 0.2) is 9.84 Å². The molecule has 44 heavy (non-hydrogen) atoms. The standard InChI is InChI=1S/C34H34N4O5S/c1-5-44(41,42)28-17-13-25(14-18-28)31(43-34(35)40)33(39)36-27-15-11-26(12-16-27)32-37-29-19-8-22(3)20-30(29)38(32)23(4)24-9-6-21(2)7-10-24/h6-20,23,31H,5H2,1-4H3,(H2,35,40)(H,36,39)/t23-,31?/m0/s1. The number of sulfone groups is 1. The largest absolute Gasteiger partial charge is 0.431 e. The van der Waals surface area contributed by atoms with Crippen molar-refractivity contribution in [1.29, 1.82) is 0 Å². The first-order chi connectivity index (χ1) is 21.0. The number of amides is 2. The minimum absolute atomic E-state index is 0.00203. The van der Waals surface area contributed by atoms with E-state index in [4.69, 9.17) is 15.5 Å². The number of benzene rings is 4. The Morgan fingerprint density at radius 2 is 1.50 bits per heavy atom. The molecular weight excluding hydrogens is 576 g/mol. The van der Waals surface area contributed by atoms with Crippen molar-refractivity contribution in [3.8, 4) is 11.4 Å². The summed E-state index contributed by atoms with van der Waals surface area (Å²) in [6.07, 6.45) is -2.52. The number of aryl methyl sites for hydroxylation is 2. The second-order valence-electron chi connectivity index (χ2n) is 10.7. The number of nitrogens with zero attached hydrogens (tertiary/aromatic N) is 2. The van der Waals surface area contributed by atoms with Crippen LogP contribution in [0.4, 0.5) is 10.5 Å². The third-order valence-electron chi connectivity index (χ3n) is 7.60. The molecule has 0 saturated heterocycles. The number of fused-ring (bicyclic) bond motifs is 1. The molecule has 3 N–H and O–H groups in total. The number of primary amides is 1. The Morgan fingerprint density at radius 1 is 0.886 bits per heavy atom. The van der Waals surface area contributed by atoms with E-state index >= 15 is 0 Å². The Labute approximate surface area is 256 Å². The van der Waals surface area contributed by atoms with Crippen molar-refractivity contribution in [2.45, 2.75) is 44.7 Å². The monoisotopic (exact) mass is 610 g/mol. The van der Waals surface area contributed by atoms with Gasteiger partial charge >= 0.3 is 6.09 Å². The van der Waals surface area contributed by atoms with Crippen LogP contribution in [0.3, 0.4) is 0 Å². The zero-order chi connectivity index (χ0) is 31.6. The van der Waals surface area contributed by atoms with Crippen molar-refractivity contribution in [3.63, 3.8) is 0 Å². The lowest BCUT2D eigenvalue weighted by Gasteiger charge is -2.19. The van der Waals surface area contributed by atoms with E-state index in [1.54, 1.807) is 19.1 Å². The van der Waals surface area contributed by atoms with Crippen molar-refractivity contribution >= 4 is 38.6 Å². The number of rotatable bonds is 9. The SMILES string of the molecule is CCS(=O)(=O)c1ccc(C(OC(N)=O)C(=O)Nc2ccc(-c3nc4ccc(C)cc4n3[C@@H](C)c3ccc(C)cc3)cc2)cc1. The Kier molecular flexibility index (Phi) is 8.55. The summed E-state index contributed by atoms with van der Waals surface area (Å²) in [5, 5.41) is 2.77. The average molecular weight is 611 g/mol. The van der Waals surface area contributed by atoms with Gasteiger partial charge in [0.25, 0.3) is 5.91 Å². The molecule has 0 aliphatic heterocycles. The van der Waals surface area contributed by atoms with Crippen molar-refractivity contribution in [2.24, 2.45) is 5.73 Å². The quantitative estimate of drug-likeness (QED) is 0.196. The van der Waals surface area contributed by atoms with Gasteiger partial charge in [0, 0.05) is 16.8 Å². The molecular formula is C34H34N4O5S. The average Bonchev–Trinajstić information content (AvgIpc) is 3.38. The van der Waals surface area contributed by atoms with E-state index in [-0.39, 0.29) is 22.3 Å². The van der Waals surface area contributed by atoms with Gasteiger partial charge in [-0.25, -0.2) is 18.2 Å². The van der Waals surface area contributed by atoms with Gasteiger partial charge in [-0.3, -0.25) is 4.79 Å².